The summed E-state index contributed by atoms with van der Waals surface area (Å²) in [6.07, 6.45) is 10.5. The SMILES string of the molecule is COc1cccc(CCC2=C3CC(OC)CC3(CCCOCc3ccccc3)CC=C2C)c1. The Hall–Kier alpha value is -2.36. The van der Waals surface area contributed by atoms with Gasteiger partial charge in [-0.25, -0.2) is 0 Å². The zero-order chi connectivity index (χ0) is 23.1. The summed E-state index contributed by atoms with van der Waals surface area (Å²) in [5, 5.41) is 0. The second-order valence-electron chi connectivity index (χ2n) is 9.59. The van der Waals surface area contributed by atoms with Crippen LogP contribution in [0.3, 0.4) is 0 Å². The van der Waals surface area contributed by atoms with Crippen LogP contribution in [0, 0.1) is 5.41 Å². The van der Waals surface area contributed by atoms with Crippen LogP contribution in [0.25, 0.3) is 0 Å². The first-order chi connectivity index (χ1) is 16.1. The molecule has 3 nitrogen and oxygen atoms in total. The lowest BCUT2D eigenvalue weighted by Gasteiger charge is -2.36. The van der Waals surface area contributed by atoms with Crippen molar-refractivity contribution in [1.29, 1.82) is 0 Å². The molecule has 0 bridgehead atoms. The van der Waals surface area contributed by atoms with Crippen molar-refractivity contribution >= 4 is 0 Å². The number of aryl methyl sites for hydroxylation is 1. The first kappa shape index (κ1) is 23.8. The van der Waals surface area contributed by atoms with Crippen LogP contribution >= 0.6 is 0 Å². The molecule has 0 amide bonds. The monoisotopic (exact) mass is 446 g/mol. The van der Waals surface area contributed by atoms with Crippen LogP contribution in [-0.4, -0.2) is 26.9 Å². The molecule has 2 unspecified atom stereocenters. The highest BCUT2D eigenvalue weighted by Gasteiger charge is 2.45. The summed E-state index contributed by atoms with van der Waals surface area (Å²) in [7, 11) is 3.61. The van der Waals surface area contributed by atoms with Gasteiger partial charge in [0.05, 0.1) is 19.8 Å². The number of hydrogen-bond acceptors (Lipinski definition) is 3. The summed E-state index contributed by atoms with van der Waals surface area (Å²) in [6.45, 7) is 3.80. The Morgan fingerprint density at radius 3 is 2.58 bits per heavy atom. The molecule has 1 saturated carbocycles. The van der Waals surface area contributed by atoms with E-state index in [0.717, 1.165) is 50.9 Å². The molecule has 4 rings (SSSR count). The molecule has 2 atom stereocenters. The molecule has 0 radical (unpaired) electrons. The number of methoxy groups -OCH3 is 2. The third-order valence-electron chi connectivity index (χ3n) is 7.52. The normalized spacial score (nSPS) is 22.3. The van der Waals surface area contributed by atoms with Crippen LogP contribution in [-0.2, 0) is 22.5 Å². The summed E-state index contributed by atoms with van der Waals surface area (Å²) >= 11 is 0. The lowest BCUT2D eigenvalue weighted by molar-refractivity contribution is 0.0843. The topological polar surface area (TPSA) is 27.7 Å². The minimum absolute atomic E-state index is 0.236. The van der Waals surface area contributed by atoms with Crippen LogP contribution < -0.4 is 4.74 Å². The van der Waals surface area contributed by atoms with Gasteiger partial charge in [-0.05, 0) is 86.1 Å². The van der Waals surface area contributed by atoms with E-state index in [0.29, 0.717) is 12.7 Å². The maximum Gasteiger partial charge on any atom is 0.119 e. The molecule has 3 heteroatoms. The van der Waals surface area contributed by atoms with E-state index < -0.39 is 0 Å². The standard InChI is InChI=1S/C30H38O3/c1-23-15-17-30(16-8-18-33-22-25-9-5-4-6-10-25)21-27(32-3)20-29(30)28(23)14-13-24-11-7-12-26(19-24)31-2/h4-7,9-12,15,19,27H,8,13-14,16-18,20-22H2,1-3H3. The highest BCUT2D eigenvalue weighted by atomic mass is 16.5. The molecule has 2 aromatic rings. The molecule has 0 N–H and O–H groups in total. The highest BCUT2D eigenvalue weighted by Crippen LogP contribution is 2.55. The maximum atomic E-state index is 6.01. The summed E-state index contributed by atoms with van der Waals surface area (Å²) in [5.41, 5.74) is 7.49. The van der Waals surface area contributed by atoms with E-state index in [1.54, 1.807) is 18.3 Å². The molecule has 33 heavy (non-hydrogen) atoms. The van der Waals surface area contributed by atoms with Gasteiger partial charge in [-0.1, -0.05) is 59.7 Å². The number of hydrogen-bond donors (Lipinski definition) is 0. The van der Waals surface area contributed by atoms with Crippen molar-refractivity contribution in [3.05, 3.63) is 88.5 Å². The molecule has 2 aliphatic carbocycles. The van der Waals surface area contributed by atoms with E-state index in [1.807, 2.05) is 19.2 Å². The third kappa shape index (κ3) is 5.77. The molecule has 2 aromatic carbocycles. The fourth-order valence-electron chi connectivity index (χ4n) is 5.68. The molecular formula is C30H38O3. The predicted octanol–water partition coefficient (Wildman–Crippen LogP) is 7.07. The Labute approximate surface area is 199 Å². The summed E-state index contributed by atoms with van der Waals surface area (Å²) < 4.78 is 17.3. The van der Waals surface area contributed by atoms with Gasteiger partial charge in [0.1, 0.15) is 5.75 Å². The van der Waals surface area contributed by atoms with Gasteiger partial charge in [0, 0.05) is 13.7 Å². The number of fused-ring (bicyclic) bond motifs is 1. The van der Waals surface area contributed by atoms with Crippen molar-refractivity contribution < 1.29 is 14.2 Å². The number of allylic oxidation sites excluding steroid dienone is 3. The summed E-state index contributed by atoms with van der Waals surface area (Å²) in [4.78, 5) is 0. The second-order valence-corrected chi connectivity index (χ2v) is 9.59. The average Bonchev–Trinajstić information content (AvgIpc) is 3.23. The predicted molar refractivity (Wildman–Crippen MR) is 135 cm³/mol. The smallest absolute Gasteiger partial charge is 0.119 e. The number of benzene rings is 2. The van der Waals surface area contributed by atoms with Gasteiger partial charge in [0.2, 0.25) is 0 Å². The maximum absolute atomic E-state index is 6.01. The Bertz CT molecular complexity index is 975. The molecule has 0 saturated heterocycles. The largest absolute Gasteiger partial charge is 0.497 e. The van der Waals surface area contributed by atoms with Gasteiger partial charge in [0.15, 0.2) is 0 Å². The summed E-state index contributed by atoms with van der Waals surface area (Å²) in [6, 6.07) is 18.9. The van der Waals surface area contributed by atoms with Crippen LogP contribution in [0.15, 0.2) is 77.4 Å². The third-order valence-corrected chi connectivity index (χ3v) is 7.52. The zero-order valence-corrected chi connectivity index (χ0v) is 20.4. The lowest BCUT2D eigenvalue weighted by Crippen LogP contribution is -2.24. The number of rotatable bonds is 11. The van der Waals surface area contributed by atoms with Gasteiger partial charge in [0.25, 0.3) is 0 Å². The molecule has 1 fully saturated rings. The van der Waals surface area contributed by atoms with E-state index >= 15 is 0 Å². The van der Waals surface area contributed by atoms with Crippen LogP contribution in [0.4, 0.5) is 0 Å². The van der Waals surface area contributed by atoms with Gasteiger partial charge < -0.3 is 14.2 Å². The highest BCUT2D eigenvalue weighted by molar-refractivity contribution is 5.44. The van der Waals surface area contributed by atoms with E-state index in [1.165, 1.54) is 23.1 Å². The molecule has 0 heterocycles. The first-order valence-corrected chi connectivity index (χ1v) is 12.3. The van der Waals surface area contributed by atoms with Crippen molar-refractivity contribution in [2.45, 2.75) is 64.6 Å². The van der Waals surface area contributed by atoms with Gasteiger partial charge >= 0.3 is 0 Å². The van der Waals surface area contributed by atoms with Gasteiger partial charge in [-0.3, -0.25) is 0 Å². The first-order valence-electron chi connectivity index (χ1n) is 12.3. The van der Waals surface area contributed by atoms with Gasteiger partial charge in [-0.15, -0.1) is 0 Å². The van der Waals surface area contributed by atoms with E-state index in [9.17, 15) is 0 Å². The van der Waals surface area contributed by atoms with E-state index in [2.05, 4.69) is 55.5 Å². The molecule has 0 aliphatic heterocycles. The van der Waals surface area contributed by atoms with Gasteiger partial charge in [-0.2, -0.15) is 0 Å². The van der Waals surface area contributed by atoms with Crippen LogP contribution in [0.5, 0.6) is 5.75 Å². The Morgan fingerprint density at radius 2 is 1.79 bits per heavy atom. The van der Waals surface area contributed by atoms with Crippen molar-refractivity contribution in [2.24, 2.45) is 5.41 Å². The quantitative estimate of drug-likeness (QED) is 0.346. The van der Waals surface area contributed by atoms with Crippen molar-refractivity contribution in [3.8, 4) is 5.75 Å². The minimum atomic E-state index is 0.236. The van der Waals surface area contributed by atoms with Crippen LogP contribution in [0.2, 0.25) is 0 Å². The Morgan fingerprint density at radius 1 is 0.970 bits per heavy atom. The van der Waals surface area contributed by atoms with Crippen molar-refractivity contribution in [2.75, 3.05) is 20.8 Å². The van der Waals surface area contributed by atoms with E-state index in [4.69, 9.17) is 14.2 Å². The lowest BCUT2D eigenvalue weighted by atomic mass is 9.69. The summed E-state index contributed by atoms with van der Waals surface area (Å²) in [5.74, 6) is 0.936. The average molecular weight is 447 g/mol. The molecule has 176 valence electrons. The zero-order valence-electron chi connectivity index (χ0n) is 20.4. The minimum Gasteiger partial charge on any atom is -0.497 e. The van der Waals surface area contributed by atoms with Crippen molar-refractivity contribution in [3.63, 3.8) is 0 Å². The van der Waals surface area contributed by atoms with Crippen molar-refractivity contribution in [1.82, 2.24) is 0 Å². The fourth-order valence-corrected chi connectivity index (χ4v) is 5.68. The molecular weight excluding hydrogens is 408 g/mol. The Balaban J connectivity index is 1.43. The molecule has 0 aromatic heterocycles. The second kappa shape index (κ2) is 11.2. The Kier molecular flexibility index (Phi) is 8.06. The molecule has 0 spiro atoms. The van der Waals surface area contributed by atoms with Crippen LogP contribution in [0.1, 0.15) is 56.6 Å². The fraction of sp³-hybridized carbons (Fsp3) is 0.467. The number of ether oxygens (including phenoxy) is 3. The van der Waals surface area contributed by atoms with E-state index in [-0.39, 0.29) is 5.41 Å². The molecule has 2 aliphatic rings.